The fourth-order valence-corrected chi connectivity index (χ4v) is 5.51. The number of hydrogen-bond donors (Lipinski definition) is 2. The van der Waals surface area contributed by atoms with Crippen LogP contribution in [0.2, 0.25) is 0 Å². The van der Waals surface area contributed by atoms with Crippen molar-refractivity contribution in [2.75, 3.05) is 18.1 Å². The molecule has 2 saturated carbocycles. The minimum atomic E-state index is -0.391. The molecule has 2 aliphatic carbocycles. The lowest BCUT2D eigenvalue weighted by molar-refractivity contribution is 0.197. The molecular formula is C23H39NOS. The molecule has 0 radical (unpaired) electrons. The van der Waals surface area contributed by atoms with Crippen LogP contribution >= 0.6 is 11.8 Å². The number of rotatable bonds is 6. The number of allylic oxidation sites excluding steroid dienone is 5. The predicted octanol–water partition coefficient (Wildman–Crippen LogP) is 5.48. The molecule has 148 valence electrons. The smallest absolute Gasteiger partial charge is 0.0611 e. The van der Waals surface area contributed by atoms with Gasteiger partial charge in [-0.2, -0.15) is 11.8 Å². The van der Waals surface area contributed by atoms with Crippen LogP contribution in [0.5, 0.6) is 0 Å². The molecule has 2 nitrogen and oxygen atoms in total. The van der Waals surface area contributed by atoms with Gasteiger partial charge in [-0.05, 0) is 85.4 Å². The molecule has 0 amide bonds. The molecule has 2 rings (SSSR count). The van der Waals surface area contributed by atoms with E-state index in [1.165, 1.54) is 47.5 Å². The highest BCUT2D eigenvalue weighted by atomic mass is 32.2. The van der Waals surface area contributed by atoms with E-state index in [-0.39, 0.29) is 6.61 Å². The molecule has 3 N–H and O–H groups in total. The lowest BCUT2D eigenvalue weighted by atomic mass is 9.81. The highest BCUT2D eigenvalue weighted by molar-refractivity contribution is 7.99. The van der Waals surface area contributed by atoms with E-state index in [2.05, 4.69) is 58.2 Å². The molecule has 0 aromatic rings. The molecule has 0 unspecified atom stereocenters. The topological polar surface area (TPSA) is 46.2 Å². The van der Waals surface area contributed by atoms with Crippen molar-refractivity contribution in [3.8, 4) is 0 Å². The number of aliphatic hydroxyl groups excluding tert-OH is 1. The highest BCUT2D eigenvalue weighted by Crippen LogP contribution is 2.40. The van der Waals surface area contributed by atoms with E-state index >= 15 is 0 Å². The predicted molar refractivity (Wildman–Crippen MR) is 116 cm³/mol. The highest BCUT2D eigenvalue weighted by Gasteiger charge is 2.36. The quantitative estimate of drug-likeness (QED) is 0.644. The number of aliphatic hydroxyl groups is 1. The SMILES string of the molecule is C=C(/C=C1/CC[C@@H](CSCC(C)(C)C)C/C1=C/C)[C@H]1CC[C@](N)(CO)C1. The van der Waals surface area contributed by atoms with Gasteiger partial charge >= 0.3 is 0 Å². The number of thioether (sulfide) groups is 1. The van der Waals surface area contributed by atoms with E-state index in [0.717, 1.165) is 25.2 Å². The maximum Gasteiger partial charge on any atom is 0.0611 e. The van der Waals surface area contributed by atoms with Crippen LogP contribution in [-0.2, 0) is 0 Å². The summed E-state index contributed by atoms with van der Waals surface area (Å²) in [6.45, 7) is 13.6. The minimum absolute atomic E-state index is 0.0847. The molecule has 0 aliphatic heterocycles. The Balaban J connectivity index is 1.91. The third kappa shape index (κ3) is 6.28. The Kier molecular flexibility index (Phi) is 7.64. The Labute approximate surface area is 165 Å². The lowest BCUT2D eigenvalue weighted by Gasteiger charge is -2.28. The summed E-state index contributed by atoms with van der Waals surface area (Å²) in [5.74, 6) is 3.74. The molecule has 2 aliphatic rings. The maximum atomic E-state index is 9.50. The number of nitrogens with two attached hydrogens (primary N) is 1. The Morgan fingerprint density at radius 1 is 1.35 bits per heavy atom. The van der Waals surface area contributed by atoms with Crippen LogP contribution < -0.4 is 5.73 Å². The van der Waals surface area contributed by atoms with Crippen molar-refractivity contribution < 1.29 is 5.11 Å². The summed E-state index contributed by atoms with van der Waals surface area (Å²) < 4.78 is 0. The summed E-state index contributed by atoms with van der Waals surface area (Å²) in [4.78, 5) is 0. The van der Waals surface area contributed by atoms with E-state index < -0.39 is 5.54 Å². The van der Waals surface area contributed by atoms with E-state index in [4.69, 9.17) is 5.73 Å². The Hall–Kier alpha value is -0.510. The molecule has 3 heteroatoms. The van der Waals surface area contributed by atoms with E-state index in [1.54, 1.807) is 0 Å². The van der Waals surface area contributed by atoms with Crippen molar-refractivity contribution >= 4 is 11.8 Å². The fourth-order valence-electron chi connectivity index (χ4n) is 4.16. The first kappa shape index (κ1) is 21.8. The van der Waals surface area contributed by atoms with Crippen molar-refractivity contribution in [2.24, 2.45) is 23.0 Å². The Morgan fingerprint density at radius 3 is 2.65 bits per heavy atom. The summed E-state index contributed by atoms with van der Waals surface area (Å²) in [6.07, 6.45) is 11.1. The molecule has 0 spiro atoms. The van der Waals surface area contributed by atoms with E-state index in [1.807, 2.05) is 0 Å². The largest absolute Gasteiger partial charge is 0.394 e. The average Bonchev–Trinajstić information content (AvgIpc) is 2.98. The van der Waals surface area contributed by atoms with Crippen LogP contribution in [0.3, 0.4) is 0 Å². The summed E-state index contributed by atoms with van der Waals surface area (Å²) in [5, 5.41) is 9.50. The first-order chi connectivity index (χ1) is 12.2. The molecule has 0 aromatic heterocycles. The van der Waals surface area contributed by atoms with E-state index in [0.29, 0.717) is 11.3 Å². The fraction of sp³-hybridized carbons (Fsp3) is 0.739. The van der Waals surface area contributed by atoms with Gasteiger partial charge in [0, 0.05) is 5.54 Å². The van der Waals surface area contributed by atoms with Gasteiger partial charge in [0.2, 0.25) is 0 Å². The van der Waals surface area contributed by atoms with Gasteiger partial charge in [0.05, 0.1) is 6.61 Å². The van der Waals surface area contributed by atoms with Crippen molar-refractivity contribution in [1.29, 1.82) is 0 Å². The van der Waals surface area contributed by atoms with E-state index in [9.17, 15) is 5.11 Å². The van der Waals surface area contributed by atoms with Crippen LogP contribution in [0.25, 0.3) is 0 Å². The monoisotopic (exact) mass is 377 g/mol. The molecule has 0 aromatic carbocycles. The van der Waals surface area contributed by atoms with Crippen molar-refractivity contribution in [2.45, 2.75) is 71.8 Å². The van der Waals surface area contributed by atoms with Crippen LogP contribution in [0.1, 0.15) is 66.2 Å². The van der Waals surface area contributed by atoms with Gasteiger partial charge in [0.25, 0.3) is 0 Å². The first-order valence-corrected chi connectivity index (χ1v) is 11.3. The van der Waals surface area contributed by atoms with Gasteiger partial charge < -0.3 is 10.8 Å². The summed E-state index contributed by atoms with van der Waals surface area (Å²) in [5.41, 5.74) is 10.5. The summed E-state index contributed by atoms with van der Waals surface area (Å²) in [7, 11) is 0. The summed E-state index contributed by atoms with van der Waals surface area (Å²) >= 11 is 2.12. The van der Waals surface area contributed by atoms with Gasteiger partial charge in [-0.1, -0.05) is 45.1 Å². The molecule has 0 heterocycles. The second kappa shape index (κ2) is 9.12. The Morgan fingerprint density at radius 2 is 2.08 bits per heavy atom. The first-order valence-electron chi connectivity index (χ1n) is 10.2. The van der Waals surface area contributed by atoms with Crippen LogP contribution in [0, 0.1) is 17.3 Å². The number of hydrogen-bond acceptors (Lipinski definition) is 3. The van der Waals surface area contributed by atoms with Crippen LogP contribution in [-0.4, -0.2) is 28.8 Å². The second-order valence-electron chi connectivity index (χ2n) is 9.70. The van der Waals surface area contributed by atoms with Crippen molar-refractivity contribution in [3.63, 3.8) is 0 Å². The molecule has 0 saturated heterocycles. The molecule has 26 heavy (non-hydrogen) atoms. The van der Waals surface area contributed by atoms with Gasteiger partial charge in [-0.25, -0.2) is 0 Å². The zero-order valence-corrected chi connectivity index (χ0v) is 18.1. The minimum Gasteiger partial charge on any atom is -0.394 e. The van der Waals surface area contributed by atoms with Gasteiger partial charge in [0.15, 0.2) is 0 Å². The van der Waals surface area contributed by atoms with Crippen LogP contribution in [0.15, 0.2) is 35.5 Å². The molecule has 0 bridgehead atoms. The third-order valence-corrected chi connectivity index (χ3v) is 7.60. The zero-order chi connectivity index (χ0) is 19.4. The zero-order valence-electron chi connectivity index (χ0n) is 17.3. The van der Waals surface area contributed by atoms with Crippen LogP contribution in [0.4, 0.5) is 0 Å². The second-order valence-corrected chi connectivity index (χ2v) is 10.7. The molecular weight excluding hydrogens is 338 g/mol. The lowest BCUT2D eigenvalue weighted by Crippen LogP contribution is -2.40. The van der Waals surface area contributed by atoms with Gasteiger partial charge in [-0.15, -0.1) is 0 Å². The molecule has 3 atom stereocenters. The van der Waals surface area contributed by atoms with Gasteiger partial charge in [0.1, 0.15) is 0 Å². The third-order valence-electron chi connectivity index (χ3n) is 5.82. The standard InChI is InChI=1S/C23H39NOS/c1-6-19-12-18(14-26-16-22(3,4)5)7-8-20(19)11-17(2)21-9-10-23(24,13-21)15-25/h6,11,18,21,25H,2,7-10,12-16,24H2,1,3-5H3/b19-6-,20-11-/t18-,21+,23-/m1/s1. The van der Waals surface area contributed by atoms with Crippen molar-refractivity contribution in [3.05, 3.63) is 35.5 Å². The molecule has 2 fully saturated rings. The summed E-state index contributed by atoms with van der Waals surface area (Å²) in [6, 6.07) is 0. The average molecular weight is 378 g/mol. The maximum absolute atomic E-state index is 9.50. The van der Waals surface area contributed by atoms with Crippen molar-refractivity contribution in [1.82, 2.24) is 0 Å². The van der Waals surface area contributed by atoms with Gasteiger partial charge in [-0.3, -0.25) is 0 Å². The normalized spacial score (nSPS) is 33.2. The Bertz CT molecular complexity index is 557.